The minimum absolute atomic E-state index is 0.0683. The zero-order valence-corrected chi connectivity index (χ0v) is 17.8. The van der Waals surface area contributed by atoms with Crippen molar-refractivity contribution >= 4 is 41.0 Å². The van der Waals surface area contributed by atoms with Crippen LogP contribution in [0.15, 0.2) is 70.6 Å². The Kier molecular flexibility index (Phi) is 7.10. The minimum Gasteiger partial charge on any atom is -0.505 e. The number of hydrogen-bond acceptors (Lipinski definition) is 6. The van der Waals surface area contributed by atoms with Gasteiger partial charge in [-0.3, -0.25) is 4.79 Å². The molecule has 3 rings (SSSR count). The summed E-state index contributed by atoms with van der Waals surface area (Å²) in [5, 5.41) is 13.6. The summed E-state index contributed by atoms with van der Waals surface area (Å²) in [6, 6.07) is 13.7. The highest BCUT2D eigenvalue weighted by Gasteiger charge is 2.27. The van der Waals surface area contributed by atoms with Gasteiger partial charge in [-0.25, -0.2) is 9.79 Å². The Hall–Kier alpha value is -3.58. The third kappa shape index (κ3) is 5.73. The van der Waals surface area contributed by atoms with Crippen LogP contribution in [0.3, 0.4) is 0 Å². The Balaban J connectivity index is 1.61. The van der Waals surface area contributed by atoms with Crippen molar-refractivity contribution in [1.82, 2.24) is 0 Å². The van der Waals surface area contributed by atoms with Gasteiger partial charge < -0.3 is 19.9 Å². The zero-order chi connectivity index (χ0) is 22.4. The molecule has 0 bridgehead atoms. The Bertz CT molecular complexity index is 1090. The topological polar surface area (TPSA) is 97.2 Å². The van der Waals surface area contributed by atoms with Crippen molar-refractivity contribution in [3.05, 3.63) is 76.1 Å². The molecule has 1 amide bonds. The van der Waals surface area contributed by atoms with E-state index in [1.807, 2.05) is 0 Å². The summed E-state index contributed by atoms with van der Waals surface area (Å²) in [6.07, 6.45) is 1.64. The fourth-order valence-corrected chi connectivity index (χ4v) is 3.06. The first-order valence-electron chi connectivity index (χ1n) is 9.53. The maximum Gasteiger partial charge on any atom is 0.343 e. The summed E-state index contributed by atoms with van der Waals surface area (Å²) in [7, 11) is 0. The van der Waals surface area contributed by atoms with E-state index in [1.54, 1.807) is 68.5 Å². The Morgan fingerprint density at radius 1 is 1.19 bits per heavy atom. The molecule has 0 atom stereocenters. The number of aliphatic imine (C=N–C) groups is 1. The van der Waals surface area contributed by atoms with Crippen LogP contribution in [0.5, 0.6) is 5.75 Å². The largest absolute Gasteiger partial charge is 0.505 e. The van der Waals surface area contributed by atoms with Crippen LogP contribution in [0.25, 0.3) is 6.08 Å². The van der Waals surface area contributed by atoms with Crippen molar-refractivity contribution in [2.45, 2.75) is 13.8 Å². The van der Waals surface area contributed by atoms with Gasteiger partial charge >= 0.3 is 5.97 Å². The van der Waals surface area contributed by atoms with Gasteiger partial charge in [-0.15, -0.1) is 0 Å². The summed E-state index contributed by atoms with van der Waals surface area (Å²) < 4.78 is 10.4. The quantitative estimate of drug-likeness (QED) is 0.615. The van der Waals surface area contributed by atoms with Crippen molar-refractivity contribution < 1.29 is 24.2 Å². The van der Waals surface area contributed by atoms with Gasteiger partial charge in [0.15, 0.2) is 12.4 Å². The van der Waals surface area contributed by atoms with Crippen LogP contribution < -0.4 is 10.1 Å². The van der Waals surface area contributed by atoms with Crippen molar-refractivity contribution in [2.24, 2.45) is 4.99 Å². The monoisotopic (exact) mass is 440 g/mol. The molecule has 31 heavy (non-hydrogen) atoms. The molecule has 0 fully saturated rings. The van der Waals surface area contributed by atoms with E-state index in [0.717, 1.165) is 5.56 Å². The van der Waals surface area contributed by atoms with Crippen LogP contribution in [0.4, 0.5) is 5.69 Å². The number of hydrogen-bond donors (Lipinski definition) is 2. The number of anilines is 1. The Morgan fingerprint density at radius 3 is 2.61 bits per heavy atom. The van der Waals surface area contributed by atoms with Crippen molar-refractivity contribution in [3.8, 4) is 5.75 Å². The molecule has 2 aromatic carbocycles. The molecule has 8 heteroatoms. The van der Waals surface area contributed by atoms with E-state index in [1.165, 1.54) is 0 Å². The van der Waals surface area contributed by atoms with E-state index in [4.69, 9.17) is 21.1 Å². The molecule has 0 unspecified atom stereocenters. The van der Waals surface area contributed by atoms with Crippen LogP contribution in [0.1, 0.15) is 19.4 Å². The smallest absolute Gasteiger partial charge is 0.343 e. The second-order valence-corrected chi connectivity index (χ2v) is 7.02. The van der Waals surface area contributed by atoms with Crippen LogP contribution in [-0.2, 0) is 14.3 Å². The summed E-state index contributed by atoms with van der Waals surface area (Å²) in [5.41, 5.74) is 2.06. The highest BCUT2D eigenvalue weighted by atomic mass is 35.5. The van der Waals surface area contributed by atoms with Gasteiger partial charge in [0, 0.05) is 10.7 Å². The number of carbonyl (C=O) groups is 2. The van der Waals surface area contributed by atoms with Crippen LogP contribution in [-0.4, -0.2) is 35.9 Å². The zero-order valence-electron chi connectivity index (χ0n) is 17.0. The van der Waals surface area contributed by atoms with Gasteiger partial charge in [-0.05, 0) is 55.8 Å². The molecule has 7 nitrogen and oxygen atoms in total. The van der Waals surface area contributed by atoms with E-state index < -0.39 is 5.97 Å². The molecule has 1 aliphatic rings. The number of aliphatic hydroxyl groups excluding tert-OH is 1. The maximum absolute atomic E-state index is 12.0. The lowest BCUT2D eigenvalue weighted by atomic mass is 10.1. The molecular weight excluding hydrogens is 420 g/mol. The van der Waals surface area contributed by atoms with E-state index in [2.05, 4.69) is 10.3 Å². The van der Waals surface area contributed by atoms with E-state index in [0.29, 0.717) is 22.2 Å². The first-order valence-corrected chi connectivity index (χ1v) is 9.91. The lowest BCUT2D eigenvalue weighted by Crippen LogP contribution is -2.20. The molecule has 160 valence electrons. The fraction of sp³-hybridized carbons (Fsp3) is 0.174. The molecule has 0 spiro atoms. The number of aliphatic hydroxyl groups is 1. The average molecular weight is 441 g/mol. The summed E-state index contributed by atoms with van der Waals surface area (Å²) in [5.74, 6) is -0.634. The van der Waals surface area contributed by atoms with Crippen LogP contribution in [0, 0.1) is 0 Å². The summed E-state index contributed by atoms with van der Waals surface area (Å²) in [4.78, 5) is 28.2. The SMILES string of the molecule is CCOC(=O)C1=C(O)/C(=C/c2ccc(OCC(=O)Nc3cccc(Cl)c3)cc2)N=C1C. The molecule has 0 saturated heterocycles. The number of esters is 1. The maximum atomic E-state index is 12.0. The number of nitrogens with zero attached hydrogens (tertiary/aromatic N) is 1. The first kappa shape index (κ1) is 22.1. The number of halogens is 1. The lowest BCUT2D eigenvalue weighted by Gasteiger charge is -2.08. The standard InChI is InChI=1S/C23H21ClN2O5/c1-3-30-23(29)21-14(2)25-19(22(21)28)11-15-7-9-18(10-8-15)31-13-20(27)26-17-6-4-5-16(24)12-17/h4-12,28H,3,13H2,1-2H3,(H,26,27)/b19-11-. The van der Waals surface area contributed by atoms with Crippen molar-refractivity contribution in [3.63, 3.8) is 0 Å². The predicted molar refractivity (Wildman–Crippen MR) is 119 cm³/mol. The number of amides is 1. The van der Waals surface area contributed by atoms with Gasteiger partial charge in [0.05, 0.1) is 12.3 Å². The van der Waals surface area contributed by atoms with Crippen molar-refractivity contribution in [1.29, 1.82) is 0 Å². The minimum atomic E-state index is -0.607. The summed E-state index contributed by atoms with van der Waals surface area (Å²) >= 11 is 5.89. The molecular formula is C23H21ClN2O5. The van der Waals surface area contributed by atoms with Crippen molar-refractivity contribution in [2.75, 3.05) is 18.5 Å². The summed E-state index contributed by atoms with van der Waals surface area (Å²) in [6.45, 7) is 3.37. The Labute approximate surface area is 184 Å². The number of benzene rings is 2. The van der Waals surface area contributed by atoms with Gasteiger partial charge in [0.2, 0.25) is 0 Å². The number of carbonyl (C=O) groups excluding carboxylic acids is 2. The third-order valence-corrected chi connectivity index (χ3v) is 4.51. The van der Waals surface area contributed by atoms with Gasteiger partial charge in [-0.2, -0.15) is 0 Å². The molecule has 0 saturated carbocycles. The molecule has 0 aliphatic carbocycles. The first-order chi connectivity index (χ1) is 14.9. The average Bonchev–Trinajstić information content (AvgIpc) is 3.00. The number of ether oxygens (including phenoxy) is 2. The number of rotatable bonds is 7. The van der Waals surface area contributed by atoms with Crippen LogP contribution >= 0.6 is 11.6 Å². The second kappa shape index (κ2) is 9.95. The van der Waals surface area contributed by atoms with E-state index >= 15 is 0 Å². The fourth-order valence-electron chi connectivity index (χ4n) is 2.87. The molecule has 0 aromatic heterocycles. The highest BCUT2D eigenvalue weighted by molar-refractivity contribution is 6.30. The number of nitrogens with one attached hydrogen (secondary N) is 1. The molecule has 1 aliphatic heterocycles. The lowest BCUT2D eigenvalue weighted by molar-refractivity contribution is -0.138. The molecule has 2 N–H and O–H groups in total. The second-order valence-electron chi connectivity index (χ2n) is 6.59. The molecule has 1 heterocycles. The normalized spacial score (nSPS) is 14.4. The van der Waals surface area contributed by atoms with Gasteiger partial charge in [-0.1, -0.05) is 29.8 Å². The third-order valence-electron chi connectivity index (χ3n) is 4.27. The van der Waals surface area contributed by atoms with Gasteiger partial charge in [0.1, 0.15) is 17.0 Å². The molecule has 0 radical (unpaired) electrons. The Morgan fingerprint density at radius 2 is 1.94 bits per heavy atom. The highest BCUT2D eigenvalue weighted by Crippen LogP contribution is 2.27. The predicted octanol–water partition coefficient (Wildman–Crippen LogP) is 4.55. The van der Waals surface area contributed by atoms with E-state index in [-0.39, 0.29) is 36.2 Å². The van der Waals surface area contributed by atoms with Crippen LogP contribution in [0.2, 0.25) is 5.02 Å². The van der Waals surface area contributed by atoms with E-state index in [9.17, 15) is 14.7 Å². The molecule has 2 aromatic rings. The van der Waals surface area contributed by atoms with Gasteiger partial charge in [0.25, 0.3) is 5.91 Å².